The van der Waals surface area contributed by atoms with Crippen LogP contribution >= 0.6 is 0 Å². The number of hydrogen-bond donors (Lipinski definition) is 3. The van der Waals surface area contributed by atoms with Gasteiger partial charge in [0.1, 0.15) is 0 Å². The SMILES string of the molecule is CC(CC(=O)NCc1cccc(NC(=O)C2CCC2)c1)C1CCCNC1. The lowest BCUT2D eigenvalue weighted by molar-refractivity contribution is -0.123. The Morgan fingerprint density at radius 1 is 1.23 bits per heavy atom. The van der Waals surface area contributed by atoms with Crippen LogP contribution in [0.4, 0.5) is 5.69 Å². The minimum atomic E-state index is 0.104. The molecule has 0 aromatic heterocycles. The van der Waals surface area contributed by atoms with Crippen molar-refractivity contribution < 1.29 is 9.59 Å². The van der Waals surface area contributed by atoms with E-state index in [0.717, 1.165) is 43.6 Å². The van der Waals surface area contributed by atoms with Gasteiger partial charge in [0.05, 0.1) is 0 Å². The molecule has 3 rings (SSSR count). The molecule has 1 saturated carbocycles. The topological polar surface area (TPSA) is 70.2 Å². The summed E-state index contributed by atoms with van der Waals surface area (Å²) in [4.78, 5) is 24.3. The molecule has 2 aliphatic rings. The number of hydrogen-bond acceptors (Lipinski definition) is 3. The molecule has 2 unspecified atom stereocenters. The normalized spacial score (nSPS) is 21.5. The Labute approximate surface area is 156 Å². The van der Waals surface area contributed by atoms with Gasteiger partial charge in [0.25, 0.3) is 0 Å². The highest BCUT2D eigenvalue weighted by Gasteiger charge is 2.25. The fourth-order valence-corrected chi connectivity index (χ4v) is 3.77. The first-order valence-electron chi connectivity index (χ1n) is 9.99. The van der Waals surface area contributed by atoms with Crippen molar-refractivity contribution in [1.82, 2.24) is 10.6 Å². The molecule has 3 N–H and O–H groups in total. The summed E-state index contributed by atoms with van der Waals surface area (Å²) in [5.74, 6) is 1.39. The van der Waals surface area contributed by atoms with Gasteiger partial charge in [0.15, 0.2) is 0 Å². The van der Waals surface area contributed by atoms with Crippen LogP contribution in [0, 0.1) is 17.8 Å². The Morgan fingerprint density at radius 3 is 2.77 bits per heavy atom. The van der Waals surface area contributed by atoms with Crippen LogP contribution in [0.5, 0.6) is 0 Å². The molecule has 1 aliphatic carbocycles. The van der Waals surface area contributed by atoms with Gasteiger partial charge in [-0.05, 0) is 68.3 Å². The van der Waals surface area contributed by atoms with Crippen LogP contribution in [-0.4, -0.2) is 24.9 Å². The van der Waals surface area contributed by atoms with Crippen molar-refractivity contribution in [1.29, 1.82) is 0 Å². The highest BCUT2D eigenvalue weighted by molar-refractivity contribution is 5.93. The van der Waals surface area contributed by atoms with E-state index in [0.29, 0.717) is 24.8 Å². The van der Waals surface area contributed by atoms with Gasteiger partial charge >= 0.3 is 0 Å². The number of carbonyl (C=O) groups excluding carboxylic acids is 2. The van der Waals surface area contributed by atoms with Crippen LogP contribution in [0.1, 0.15) is 51.0 Å². The number of amides is 2. The second-order valence-corrected chi connectivity index (χ2v) is 7.88. The van der Waals surface area contributed by atoms with E-state index >= 15 is 0 Å². The van der Waals surface area contributed by atoms with Crippen molar-refractivity contribution in [3.63, 3.8) is 0 Å². The number of rotatable bonds is 7. The van der Waals surface area contributed by atoms with E-state index in [9.17, 15) is 9.59 Å². The van der Waals surface area contributed by atoms with Crippen molar-refractivity contribution >= 4 is 17.5 Å². The van der Waals surface area contributed by atoms with Gasteiger partial charge < -0.3 is 16.0 Å². The van der Waals surface area contributed by atoms with E-state index in [1.54, 1.807) is 0 Å². The predicted octanol–water partition coefficient (Wildman–Crippen LogP) is 3.07. The molecule has 26 heavy (non-hydrogen) atoms. The van der Waals surface area contributed by atoms with Crippen LogP contribution in [0.2, 0.25) is 0 Å². The summed E-state index contributed by atoms with van der Waals surface area (Å²) in [6, 6.07) is 7.76. The Morgan fingerprint density at radius 2 is 2.08 bits per heavy atom. The van der Waals surface area contributed by atoms with Gasteiger partial charge in [-0.25, -0.2) is 0 Å². The highest BCUT2D eigenvalue weighted by atomic mass is 16.2. The Hall–Kier alpha value is -1.88. The zero-order valence-corrected chi connectivity index (χ0v) is 15.7. The second-order valence-electron chi connectivity index (χ2n) is 7.88. The van der Waals surface area contributed by atoms with Crippen molar-refractivity contribution in [3.05, 3.63) is 29.8 Å². The summed E-state index contributed by atoms with van der Waals surface area (Å²) in [5, 5.41) is 9.43. The van der Waals surface area contributed by atoms with Crippen LogP contribution in [0.25, 0.3) is 0 Å². The molecule has 5 nitrogen and oxygen atoms in total. The van der Waals surface area contributed by atoms with Gasteiger partial charge in [-0.15, -0.1) is 0 Å². The second kappa shape index (κ2) is 9.17. The zero-order valence-electron chi connectivity index (χ0n) is 15.7. The molecule has 0 radical (unpaired) electrons. The third-order valence-corrected chi connectivity index (χ3v) is 5.81. The predicted molar refractivity (Wildman–Crippen MR) is 104 cm³/mol. The monoisotopic (exact) mass is 357 g/mol. The number of nitrogens with one attached hydrogen (secondary N) is 3. The molecule has 1 aromatic carbocycles. The Balaban J connectivity index is 1.44. The van der Waals surface area contributed by atoms with Crippen molar-refractivity contribution in [2.24, 2.45) is 17.8 Å². The number of piperidine rings is 1. The molecule has 2 fully saturated rings. The minimum absolute atomic E-state index is 0.104. The van der Waals surface area contributed by atoms with E-state index in [1.165, 1.54) is 12.8 Å². The van der Waals surface area contributed by atoms with Gasteiger partial charge in [-0.1, -0.05) is 25.5 Å². The van der Waals surface area contributed by atoms with E-state index in [1.807, 2.05) is 24.3 Å². The molecule has 2 amide bonds. The lowest BCUT2D eigenvalue weighted by atomic mass is 9.85. The van der Waals surface area contributed by atoms with Crippen molar-refractivity contribution in [2.75, 3.05) is 18.4 Å². The Bertz CT molecular complexity index is 621. The smallest absolute Gasteiger partial charge is 0.227 e. The van der Waals surface area contributed by atoms with Gasteiger partial charge in [0.2, 0.25) is 11.8 Å². The summed E-state index contributed by atoms with van der Waals surface area (Å²) in [7, 11) is 0. The molecule has 0 spiro atoms. The van der Waals surface area contributed by atoms with Crippen molar-refractivity contribution in [3.8, 4) is 0 Å². The summed E-state index contributed by atoms with van der Waals surface area (Å²) < 4.78 is 0. The first kappa shape index (κ1) is 18.9. The lowest BCUT2D eigenvalue weighted by Gasteiger charge is -2.28. The molecular formula is C21H31N3O2. The maximum atomic E-state index is 12.3. The standard InChI is InChI=1S/C21H31N3O2/c1-15(18-8-4-10-22-14-18)11-20(25)23-13-16-5-2-9-19(12-16)24-21(26)17-6-3-7-17/h2,5,9,12,15,17-18,22H,3-4,6-8,10-11,13-14H2,1H3,(H,23,25)(H,24,26). The largest absolute Gasteiger partial charge is 0.352 e. The molecule has 1 heterocycles. The molecule has 1 saturated heterocycles. The zero-order chi connectivity index (χ0) is 18.4. The first-order valence-corrected chi connectivity index (χ1v) is 9.99. The highest BCUT2D eigenvalue weighted by Crippen LogP contribution is 2.27. The molecule has 142 valence electrons. The van der Waals surface area contributed by atoms with Crippen LogP contribution in [0.3, 0.4) is 0 Å². The maximum Gasteiger partial charge on any atom is 0.227 e. The number of benzene rings is 1. The summed E-state index contributed by atoms with van der Waals surface area (Å²) in [6.07, 6.45) is 6.14. The number of carbonyl (C=O) groups is 2. The van der Waals surface area contributed by atoms with Gasteiger partial charge in [-0.2, -0.15) is 0 Å². The summed E-state index contributed by atoms with van der Waals surface area (Å²) >= 11 is 0. The molecule has 1 aliphatic heterocycles. The van der Waals surface area contributed by atoms with Crippen molar-refractivity contribution in [2.45, 2.75) is 52.0 Å². The first-order chi connectivity index (χ1) is 12.6. The third-order valence-electron chi connectivity index (χ3n) is 5.81. The van der Waals surface area contributed by atoms with Gasteiger partial charge in [-0.3, -0.25) is 9.59 Å². The fraction of sp³-hybridized carbons (Fsp3) is 0.619. The maximum absolute atomic E-state index is 12.3. The van der Waals surface area contributed by atoms with E-state index in [-0.39, 0.29) is 17.7 Å². The molecule has 1 aromatic rings. The quantitative estimate of drug-likeness (QED) is 0.702. The third kappa shape index (κ3) is 5.31. The average molecular weight is 357 g/mol. The minimum Gasteiger partial charge on any atom is -0.352 e. The van der Waals surface area contributed by atoms with E-state index in [4.69, 9.17) is 0 Å². The van der Waals surface area contributed by atoms with E-state index < -0.39 is 0 Å². The van der Waals surface area contributed by atoms with Crippen LogP contribution in [0.15, 0.2) is 24.3 Å². The van der Waals surface area contributed by atoms with Gasteiger partial charge in [0, 0.05) is 24.6 Å². The molecule has 2 atom stereocenters. The van der Waals surface area contributed by atoms with Crippen LogP contribution in [-0.2, 0) is 16.1 Å². The molecule has 0 bridgehead atoms. The average Bonchev–Trinajstić information content (AvgIpc) is 2.59. The lowest BCUT2D eigenvalue weighted by Crippen LogP contribution is -2.35. The molecular weight excluding hydrogens is 326 g/mol. The fourth-order valence-electron chi connectivity index (χ4n) is 3.77. The van der Waals surface area contributed by atoms with Crippen LogP contribution < -0.4 is 16.0 Å². The summed E-state index contributed by atoms with van der Waals surface area (Å²) in [6.45, 7) is 4.80. The number of anilines is 1. The summed E-state index contributed by atoms with van der Waals surface area (Å²) in [5.41, 5.74) is 1.83. The molecule has 5 heteroatoms. The van der Waals surface area contributed by atoms with E-state index in [2.05, 4.69) is 22.9 Å². The Kier molecular flexibility index (Phi) is 6.67.